The number of carbonyl (C=O) groups excluding carboxylic acids is 1. The first-order valence-corrected chi connectivity index (χ1v) is 7.10. The van der Waals surface area contributed by atoms with E-state index in [1.165, 1.54) is 0 Å². The van der Waals surface area contributed by atoms with Gasteiger partial charge in [-0.25, -0.2) is 8.93 Å². The Hall–Kier alpha value is -1.40. The Kier molecular flexibility index (Phi) is 3.64. The highest BCUT2D eigenvalue weighted by molar-refractivity contribution is 7.84. The van der Waals surface area contributed by atoms with Crippen LogP contribution in [0.5, 0.6) is 5.75 Å². The molecule has 5 nitrogen and oxygen atoms in total. The second-order valence-corrected chi connectivity index (χ2v) is 7.37. The molecule has 1 aliphatic rings. The topological polar surface area (TPSA) is 78.5 Å². The number of hydrogen-bond acceptors (Lipinski definition) is 4. The smallest absolute Gasteiger partial charge is 0.158 e. The van der Waals surface area contributed by atoms with Crippen molar-refractivity contribution in [3.8, 4) is 5.75 Å². The van der Waals surface area contributed by atoms with Crippen molar-refractivity contribution in [3.63, 3.8) is 0 Å². The average molecular weight is 282 g/mol. The van der Waals surface area contributed by atoms with Crippen LogP contribution in [0, 0.1) is 0 Å². The van der Waals surface area contributed by atoms with Gasteiger partial charge in [-0.2, -0.15) is 0 Å². The lowest BCUT2D eigenvalue weighted by Crippen LogP contribution is -2.47. The van der Waals surface area contributed by atoms with E-state index in [0.29, 0.717) is 11.3 Å². The fourth-order valence-electron chi connectivity index (χ4n) is 1.81. The molecule has 3 atom stereocenters. The molecule has 19 heavy (non-hydrogen) atoms. The van der Waals surface area contributed by atoms with Crippen LogP contribution in [0.1, 0.15) is 32.4 Å². The highest BCUT2D eigenvalue weighted by Gasteiger charge is 2.37. The van der Waals surface area contributed by atoms with E-state index in [2.05, 4.69) is 4.72 Å². The number of rotatable bonds is 3. The van der Waals surface area contributed by atoms with Gasteiger partial charge in [0.05, 0.1) is 27.7 Å². The highest BCUT2D eigenvalue weighted by Crippen LogP contribution is 2.36. The molecule has 104 valence electrons. The van der Waals surface area contributed by atoms with Crippen LogP contribution in [0.25, 0.3) is 0 Å². The quantitative estimate of drug-likeness (QED) is 0.864. The maximum atomic E-state index is 12.1. The van der Waals surface area contributed by atoms with Crippen LogP contribution < -0.4 is 14.6 Å². The van der Waals surface area contributed by atoms with E-state index in [1.54, 1.807) is 24.3 Å². The molecule has 0 amide bonds. The number of fused-ring (bicyclic) bond motifs is 1. The van der Waals surface area contributed by atoms with Crippen LogP contribution >= 0.6 is 0 Å². The number of hydrogen-bond donors (Lipinski definition) is 1. The first-order valence-electron chi connectivity index (χ1n) is 5.95. The van der Waals surface area contributed by atoms with Gasteiger partial charge in [-0.3, -0.25) is 0 Å². The fraction of sp³-hybridized carbons (Fsp3) is 0.462. The summed E-state index contributed by atoms with van der Waals surface area (Å²) >= 11 is 0. The predicted octanol–water partition coefficient (Wildman–Crippen LogP) is 0.290. The van der Waals surface area contributed by atoms with Crippen LogP contribution in [0.15, 0.2) is 24.3 Å². The van der Waals surface area contributed by atoms with Crippen molar-refractivity contribution in [1.82, 2.24) is 4.72 Å². The number of carbonyl (C=O) groups is 1. The first-order chi connectivity index (χ1) is 8.80. The highest BCUT2D eigenvalue weighted by atomic mass is 32.2. The summed E-state index contributed by atoms with van der Waals surface area (Å²) in [5.41, 5.74) is 0.689. The third kappa shape index (κ3) is 2.79. The second-order valence-electron chi connectivity index (χ2n) is 5.37. The number of ether oxygens (including phenoxy) is 1. The van der Waals surface area contributed by atoms with Gasteiger partial charge >= 0.3 is 0 Å². The number of para-hydroxylation sites is 1. The van der Waals surface area contributed by atoms with Crippen LogP contribution in [0.2, 0.25) is 0 Å². The summed E-state index contributed by atoms with van der Waals surface area (Å²) in [4.78, 5) is 11.1. The maximum Gasteiger partial charge on any atom is 0.158 e. The van der Waals surface area contributed by atoms with Crippen molar-refractivity contribution in [2.75, 3.05) is 0 Å². The zero-order valence-electron chi connectivity index (χ0n) is 11.0. The number of carboxylic acid groups (broad SMARTS) is 1. The number of carboxylic acids is 1. The molecule has 2 rings (SSSR count). The van der Waals surface area contributed by atoms with Gasteiger partial charge < -0.3 is 14.6 Å². The molecule has 6 heteroatoms. The SMILES string of the molecule is CC(C)(C)[S@](=O)NC1c2ccccc2OC1C(=O)[O-]. The monoisotopic (exact) mass is 282 g/mol. The Morgan fingerprint density at radius 2 is 2.00 bits per heavy atom. The zero-order valence-corrected chi connectivity index (χ0v) is 11.8. The van der Waals surface area contributed by atoms with Crippen molar-refractivity contribution >= 4 is 17.0 Å². The molecule has 0 aromatic heterocycles. The Morgan fingerprint density at radius 3 is 2.58 bits per heavy atom. The lowest BCUT2D eigenvalue weighted by molar-refractivity contribution is -0.313. The van der Waals surface area contributed by atoms with Gasteiger partial charge in [0.1, 0.15) is 5.75 Å². The van der Waals surface area contributed by atoms with Crippen molar-refractivity contribution in [2.45, 2.75) is 37.7 Å². The minimum absolute atomic E-state index is 0.486. The van der Waals surface area contributed by atoms with Crippen molar-refractivity contribution in [3.05, 3.63) is 29.8 Å². The molecule has 0 bridgehead atoms. The van der Waals surface area contributed by atoms with Crippen molar-refractivity contribution in [2.24, 2.45) is 0 Å². The third-order valence-electron chi connectivity index (χ3n) is 2.83. The van der Waals surface area contributed by atoms with Crippen LogP contribution in [-0.2, 0) is 15.8 Å². The van der Waals surface area contributed by atoms with Crippen LogP contribution in [-0.4, -0.2) is 21.0 Å². The Bertz CT molecular complexity index is 524. The maximum absolute atomic E-state index is 12.1. The second kappa shape index (κ2) is 4.94. The molecule has 1 aromatic carbocycles. The largest absolute Gasteiger partial charge is 0.546 e. The van der Waals surface area contributed by atoms with E-state index in [0.717, 1.165) is 0 Å². The van der Waals surface area contributed by atoms with E-state index in [1.807, 2.05) is 20.8 Å². The summed E-state index contributed by atoms with van der Waals surface area (Å²) < 4.78 is 19.8. The summed E-state index contributed by atoms with van der Waals surface area (Å²) in [6.07, 6.45) is -1.16. The van der Waals surface area contributed by atoms with Crippen LogP contribution in [0.3, 0.4) is 0 Å². The van der Waals surface area contributed by atoms with Gasteiger partial charge in [0.15, 0.2) is 6.10 Å². The lowest BCUT2D eigenvalue weighted by atomic mass is 10.1. The van der Waals surface area contributed by atoms with Gasteiger partial charge in [-0.1, -0.05) is 18.2 Å². The minimum Gasteiger partial charge on any atom is -0.546 e. The van der Waals surface area contributed by atoms with Crippen LogP contribution in [0.4, 0.5) is 0 Å². The molecule has 0 fully saturated rings. The molecule has 0 aliphatic carbocycles. The summed E-state index contributed by atoms with van der Waals surface area (Å²) in [6, 6.07) is 6.33. The molecule has 1 heterocycles. The first kappa shape index (κ1) is 14.0. The summed E-state index contributed by atoms with van der Waals surface area (Å²) in [5, 5.41) is 11.1. The normalized spacial score (nSPS) is 23.5. The molecule has 0 saturated carbocycles. The van der Waals surface area contributed by atoms with E-state index in [-0.39, 0.29) is 0 Å². The lowest BCUT2D eigenvalue weighted by Gasteiger charge is -2.25. The summed E-state index contributed by atoms with van der Waals surface area (Å²) in [5.74, 6) is -0.834. The molecular weight excluding hydrogens is 266 g/mol. The Labute approximate surface area is 114 Å². The zero-order chi connectivity index (χ0) is 14.2. The Balaban J connectivity index is 2.30. The number of nitrogens with one attached hydrogen (secondary N) is 1. The van der Waals surface area contributed by atoms with E-state index in [4.69, 9.17) is 4.74 Å². The summed E-state index contributed by atoms with van der Waals surface area (Å²) in [6.45, 7) is 5.43. The molecular formula is C13H16NO4S-. The molecule has 1 aromatic rings. The minimum atomic E-state index is -1.39. The van der Waals surface area contributed by atoms with Gasteiger partial charge in [0.2, 0.25) is 0 Å². The third-order valence-corrected chi connectivity index (χ3v) is 4.41. The van der Waals surface area contributed by atoms with Crippen molar-refractivity contribution in [1.29, 1.82) is 0 Å². The summed E-state index contributed by atoms with van der Waals surface area (Å²) in [7, 11) is -1.39. The van der Waals surface area contributed by atoms with Gasteiger partial charge in [0, 0.05) is 5.56 Å². The Morgan fingerprint density at radius 1 is 1.37 bits per heavy atom. The van der Waals surface area contributed by atoms with E-state index in [9.17, 15) is 14.1 Å². The molecule has 0 saturated heterocycles. The van der Waals surface area contributed by atoms with Gasteiger partial charge in [-0.05, 0) is 26.8 Å². The average Bonchev–Trinajstić information content (AvgIpc) is 2.67. The number of benzene rings is 1. The van der Waals surface area contributed by atoms with Crippen molar-refractivity contribution < 1.29 is 18.8 Å². The molecule has 1 N–H and O–H groups in total. The van der Waals surface area contributed by atoms with E-state index < -0.39 is 33.8 Å². The molecule has 2 unspecified atom stereocenters. The predicted molar refractivity (Wildman–Crippen MR) is 69.6 cm³/mol. The number of aliphatic carboxylic acids is 1. The standard InChI is InChI=1S/C13H17NO4S/c1-13(2,3)19(17)14-10-8-6-4-5-7-9(8)18-11(10)12(15)16/h4-7,10-11,14H,1-3H3,(H,15,16)/p-1/t10?,11?,19-/m0/s1. The molecule has 1 aliphatic heterocycles. The van der Waals surface area contributed by atoms with Gasteiger partial charge in [-0.15, -0.1) is 0 Å². The molecule has 0 spiro atoms. The van der Waals surface area contributed by atoms with E-state index >= 15 is 0 Å². The fourth-order valence-corrected chi connectivity index (χ4v) is 2.65. The molecule has 0 radical (unpaired) electrons. The van der Waals surface area contributed by atoms with Gasteiger partial charge in [0.25, 0.3) is 0 Å².